The number of carbonyl (C=O) groups is 1. The summed E-state index contributed by atoms with van der Waals surface area (Å²) in [5.41, 5.74) is 0.195. The number of nitrogens with zero attached hydrogens (tertiary/aromatic N) is 2. The maximum atomic E-state index is 13.4. The second-order valence-electron chi connectivity index (χ2n) is 8.10. The Morgan fingerprint density at radius 2 is 1.77 bits per heavy atom. The second kappa shape index (κ2) is 12.6. The number of hydrogen-bond donors (Lipinski definition) is 2. The van der Waals surface area contributed by atoms with Crippen LogP contribution in [0.5, 0.6) is 11.5 Å². The van der Waals surface area contributed by atoms with Crippen LogP contribution in [0.2, 0.25) is 10.0 Å². The molecule has 0 heterocycles. The molecule has 9 nitrogen and oxygen atoms in total. The van der Waals surface area contributed by atoms with Crippen molar-refractivity contribution in [1.82, 2.24) is 0 Å². The zero-order chi connectivity index (χ0) is 27.6. The quantitative estimate of drug-likeness (QED) is 0.189. The van der Waals surface area contributed by atoms with E-state index in [2.05, 4.69) is 15.5 Å². The summed E-state index contributed by atoms with van der Waals surface area (Å²) < 4.78 is 37.9. The number of rotatable bonds is 7. The number of carbonyl (C=O) groups excluding carboxylic acids is 1. The maximum absolute atomic E-state index is 13.4. The molecule has 2 N–H and O–H groups in total. The molecule has 0 fully saturated rings. The van der Waals surface area contributed by atoms with E-state index in [0.717, 1.165) is 6.07 Å². The van der Waals surface area contributed by atoms with E-state index in [1.807, 2.05) is 6.92 Å². The van der Waals surface area contributed by atoms with Crippen molar-refractivity contribution >= 4 is 67.1 Å². The van der Waals surface area contributed by atoms with Crippen LogP contribution in [0.25, 0.3) is 10.8 Å². The minimum Gasteiger partial charge on any atom is -0.870 e. The van der Waals surface area contributed by atoms with Gasteiger partial charge in [-0.1, -0.05) is 53.2 Å². The van der Waals surface area contributed by atoms with Gasteiger partial charge in [0.15, 0.2) is 0 Å². The Labute approximate surface area is 256 Å². The molecule has 0 bridgehead atoms. The Morgan fingerprint density at radius 1 is 1.05 bits per heavy atom. The smallest absolute Gasteiger partial charge is 0.870 e. The van der Waals surface area contributed by atoms with Crippen molar-refractivity contribution in [2.75, 3.05) is 11.9 Å². The van der Waals surface area contributed by atoms with E-state index in [0.29, 0.717) is 23.1 Å². The van der Waals surface area contributed by atoms with Crippen LogP contribution < -0.4 is 44.7 Å². The molecule has 1 amide bonds. The summed E-state index contributed by atoms with van der Waals surface area (Å²) in [4.78, 5) is 12.8. The minimum atomic E-state index is -4.49. The molecule has 0 radical (unpaired) electrons. The number of amides is 1. The average Bonchev–Trinajstić information content (AvgIpc) is 2.86. The molecule has 0 aliphatic heterocycles. The molecule has 196 valence electrons. The van der Waals surface area contributed by atoms with E-state index in [9.17, 15) is 22.9 Å². The molecule has 4 rings (SSSR count). The summed E-state index contributed by atoms with van der Waals surface area (Å²) in [6.45, 7) is 3.68. The van der Waals surface area contributed by atoms with Crippen LogP contribution in [0.1, 0.15) is 22.8 Å². The topological polar surface area (TPSA) is 140 Å². The largest absolute Gasteiger partial charge is 1.00 e. The van der Waals surface area contributed by atoms with Gasteiger partial charge in [-0.3, -0.25) is 9.35 Å². The molecule has 0 saturated carbocycles. The van der Waals surface area contributed by atoms with Crippen molar-refractivity contribution in [3.63, 3.8) is 0 Å². The molecule has 0 aromatic heterocycles. The summed E-state index contributed by atoms with van der Waals surface area (Å²) in [6, 6.07) is 15.4. The number of hydrogen-bond acceptors (Lipinski definition) is 7. The Morgan fingerprint density at radius 3 is 2.46 bits per heavy atom. The molecule has 13 heteroatoms. The maximum Gasteiger partial charge on any atom is 1.00 e. The fourth-order valence-corrected chi connectivity index (χ4v) is 4.89. The molecule has 0 atom stereocenters. The van der Waals surface area contributed by atoms with Gasteiger partial charge in [0.1, 0.15) is 11.4 Å². The van der Waals surface area contributed by atoms with Gasteiger partial charge >= 0.3 is 29.6 Å². The van der Waals surface area contributed by atoms with Crippen molar-refractivity contribution in [3.8, 4) is 11.5 Å². The number of benzene rings is 4. The van der Waals surface area contributed by atoms with Crippen LogP contribution in [-0.4, -0.2) is 25.5 Å². The predicted octanol–water partition coefficient (Wildman–Crippen LogP) is 3.85. The summed E-state index contributed by atoms with van der Waals surface area (Å²) >= 11 is 12.4. The van der Waals surface area contributed by atoms with E-state index in [1.54, 1.807) is 42.5 Å². The van der Waals surface area contributed by atoms with E-state index < -0.39 is 21.8 Å². The van der Waals surface area contributed by atoms with Gasteiger partial charge in [-0.15, -0.1) is 5.11 Å². The third-order valence-corrected chi connectivity index (χ3v) is 7.13. The Kier molecular flexibility index (Phi) is 10.0. The first-order chi connectivity index (χ1) is 18.0. The van der Waals surface area contributed by atoms with Gasteiger partial charge in [-0.2, -0.15) is 13.5 Å². The van der Waals surface area contributed by atoms with Gasteiger partial charge in [0.25, 0.3) is 16.0 Å². The van der Waals surface area contributed by atoms with Gasteiger partial charge in [-0.05, 0) is 55.1 Å². The fraction of sp³-hybridized carbons (Fsp3) is 0.115. The molecule has 0 unspecified atom stereocenters. The standard InChI is InChI=1S/C26H21Cl2N3O6S.Na/c1-3-37-16-8-9-19(27)21(12-16)29-26(33)18-11-15-6-4-5-7-17(15)24(25(18)32)31-30-22-10-14(2)23(13-20(22)28)38(34,35)36;/h4-13,32H,3H2,1-2H3,(H,29,33)(H,34,35,36);/q;+1/p-1. The normalized spacial score (nSPS) is 11.4. The third kappa shape index (κ3) is 6.90. The van der Waals surface area contributed by atoms with Crippen molar-refractivity contribution in [2.45, 2.75) is 18.7 Å². The Bertz CT molecular complexity index is 1710. The van der Waals surface area contributed by atoms with Crippen LogP contribution in [0.15, 0.2) is 75.8 Å². The number of fused-ring (bicyclic) bond motifs is 1. The zero-order valence-electron chi connectivity index (χ0n) is 21.0. The van der Waals surface area contributed by atoms with Gasteiger partial charge in [0.2, 0.25) is 0 Å². The monoisotopic (exact) mass is 595 g/mol. The first-order valence-corrected chi connectivity index (χ1v) is 13.3. The molecule has 39 heavy (non-hydrogen) atoms. The molecular weight excluding hydrogens is 576 g/mol. The number of aryl methyl sites for hydroxylation is 1. The van der Waals surface area contributed by atoms with E-state index in [1.165, 1.54) is 19.1 Å². The zero-order valence-corrected chi connectivity index (χ0v) is 25.4. The van der Waals surface area contributed by atoms with Crippen LogP contribution >= 0.6 is 23.2 Å². The summed E-state index contributed by atoms with van der Waals surface area (Å²) in [5, 5.41) is 25.3. The average molecular weight is 596 g/mol. The van der Waals surface area contributed by atoms with Crippen molar-refractivity contribution in [2.24, 2.45) is 10.2 Å². The second-order valence-corrected chi connectivity index (χ2v) is 10.3. The number of nitrogens with one attached hydrogen (secondary N) is 1. The van der Waals surface area contributed by atoms with Crippen molar-refractivity contribution < 1.29 is 57.2 Å². The number of azo groups is 1. The van der Waals surface area contributed by atoms with Gasteiger partial charge in [0, 0.05) is 17.0 Å². The predicted molar refractivity (Wildman–Crippen MR) is 144 cm³/mol. The van der Waals surface area contributed by atoms with Crippen molar-refractivity contribution in [1.29, 1.82) is 0 Å². The van der Waals surface area contributed by atoms with Crippen LogP contribution in [0.3, 0.4) is 0 Å². The van der Waals surface area contributed by atoms with Crippen LogP contribution in [0, 0.1) is 6.92 Å². The molecule has 4 aromatic carbocycles. The molecule has 0 saturated heterocycles. The van der Waals surface area contributed by atoms with Gasteiger partial charge in [0.05, 0.1) is 32.9 Å². The Balaban J connectivity index is 0.00000420. The van der Waals surface area contributed by atoms with Crippen LogP contribution in [0.4, 0.5) is 17.1 Å². The molecule has 0 aliphatic carbocycles. The van der Waals surface area contributed by atoms with Gasteiger partial charge < -0.3 is 15.2 Å². The number of halogens is 2. The molecule has 0 aliphatic rings. The molecule has 4 aromatic rings. The van der Waals surface area contributed by atoms with Crippen molar-refractivity contribution in [3.05, 3.63) is 81.8 Å². The number of ether oxygens (including phenoxy) is 1. The van der Waals surface area contributed by atoms with Gasteiger partial charge in [-0.25, -0.2) is 0 Å². The summed E-state index contributed by atoms with van der Waals surface area (Å²) in [7, 11) is -4.49. The molecular formula is C26H20Cl2N3NaO6S. The minimum absolute atomic E-state index is 0. The molecule has 0 spiro atoms. The fourth-order valence-electron chi connectivity index (χ4n) is 3.73. The first-order valence-electron chi connectivity index (χ1n) is 11.2. The third-order valence-electron chi connectivity index (χ3n) is 5.50. The summed E-state index contributed by atoms with van der Waals surface area (Å²) in [5.74, 6) is -0.904. The van der Waals surface area contributed by atoms with E-state index >= 15 is 0 Å². The summed E-state index contributed by atoms with van der Waals surface area (Å²) in [6.07, 6.45) is 0. The number of anilines is 1. The van der Waals surface area contributed by atoms with E-state index in [-0.39, 0.29) is 72.7 Å². The SMILES string of the molecule is CCOc1ccc(Cl)c(NC(=O)c2cc3ccccc3c(N=Nc3cc(C)c(S(=O)(=O)O)cc3Cl)c2[O-])c1.[Na+]. The Hall–Kier alpha value is -2.70. The van der Waals surface area contributed by atoms with E-state index in [4.69, 9.17) is 27.9 Å². The first kappa shape index (κ1) is 30.8. The van der Waals surface area contributed by atoms with Crippen LogP contribution in [-0.2, 0) is 10.1 Å².